The van der Waals surface area contributed by atoms with Crippen LogP contribution in [0.25, 0.3) is 0 Å². The lowest BCUT2D eigenvalue weighted by atomic mass is 10.0. The largest absolute Gasteiger partial charge is 0.306 e. The summed E-state index contributed by atoms with van der Waals surface area (Å²) in [6, 6.07) is 13.6. The SMILES string of the molecule is Cc1ccccc1C(C)NCc1cccc(F)c1Br. The van der Waals surface area contributed by atoms with Crippen molar-refractivity contribution < 1.29 is 4.39 Å². The van der Waals surface area contributed by atoms with Crippen LogP contribution in [0, 0.1) is 12.7 Å². The maximum atomic E-state index is 13.4. The molecule has 0 aliphatic rings. The first-order valence-electron chi connectivity index (χ1n) is 6.31. The average Bonchev–Trinajstić information content (AvgIpc) is 2.40. The van der Waals surface area contributed by atoms with Crippen LogP contribution in [0.4, 0.5) is 4.39 Å². The van der Waals surface area contributed by atoms with Gasteiger partial charge in [0.15, 0.2) is 0 Å². The molecule has 0 amide bonds. The van der Waals surface area contributed by atoms with Gasteiger partial charge < -0.3 is 5.32 Å². The topological polar surface area (TPSA) is 12.0 Å². The van der Waals surface area contributed by atoms with Gasteiger partial charge in [-0.2, -0.15) is 0 Å². The van der Waals surface area contributed by atoms with E-state index in [9.17, 15) is 4.39 Å². The quantitative estimate of drug-likeness (QED) is 0.857. The standard InChI is InChI=1S/C16H17BrFN/c1-11-6-3-4-8-14(11)12(2)19-10-13-7-5-9-15(18)16(13)17/h3-9,12,19H,10H2,1-2H3. The van der Waals surface area contributed by atoms with E-state index in [-0.39, 0.29) is 11.9 Å². The molecule has 0 aromatic heterocycles. The minimum atomic E-state index is -0.220. The fraction of sp³-hybridized carbons (Fsp3) is 0.250. The van der Waals surface area contributed by atoms with E-state index in [1.165, 1.54) is 17.2 Å². The van der Waals surface area contributed by atoms with E-state index in [1.54, 1.807) is 6.07 Å². The molecule has 19 heavy (non-hydrogen) atoms. The molecule has 1 atom stereocenters. The zero-order valence-corrected chi connectivity index (χ0v) is 12.7. The van der Waals surface area contributed by atoms with Crippen molar-refractivity contribution in [1.82, 2.24) is 5.32 Å². The summed E-state index contributed by atoms with van der Waals surface area (Å²) in [5, 5.41) is 3.43. The average molecular weight is 322 g/mol. The number of rotatable bonds is 4. The van der Waals surface area contributed by atoms with Crippen LogP contribution < -0.4 is 5.32 Å². The zero-order chi connectivity index (χ0) is 13.8. The molecule has 0 fully saturated rings. The van der Waals surface area contributed by atoms with Crippen LogP contribution in [0.3, 0.4) is 0 Å². The van der Waals surface area contributed by atoms with Gasteiger partial charge in [0.05, 0.1) is 4.47 Å². The van der Waals surface area contributed by atoms with Crippen molar-refractivity contribution in [2.75, 3.05) is 0 Å². The molecule has 0 aliphatic heterocycles. The summed E-state index contributed by atoms with van der Waals surface area (Å²) in [6.07, 6.45) is 0. The highest BCUT2D eigenvalue weighted by Crippen LogP contribution is 2.22. The zero-order valence-electron chi connectivity index (χ0n) is 11.1. The molecule has 2 aromatic carbocycles. The van der Waals surface area contributed by atoms with E-state index in [0.29, 0.717) is 11.0 Å². The molecule has 0 spiro atoms. The highest BCUT2D eigenvalue weighted by molar-refractivity contribution is 9.10. The molecule has 2 aromatic rings. The Morgan fingerprint density at radius 3 is 2.63 bits per heavy atom. The second kappa shape index (κ2) is 6.31. The van der Waals surface area contributed by atoms with Gasteiger partial charge in [-0.3, -0.25) is 0 Å². The number of halogens is 2. The first-order chi connectivity index (χ1) is 9.09. The summed E-state index contributed by atoms with van der Waals surface area (Å²) < 4.78 is 14.0. The molecule has 1 nitrogen and oxygen atoms in total. The Morgan fingerprint density at radius 1 is 1.16 bits per heavy atom. The van der Waals surface area contributed by atoms with Gasteiger partial charge in [-0.1, -0.05) is 36.4 Å². The Balaban J connectivity index is 2.07. The maximum absolute atomic E-state index is 13.4. The van der Waals surface area contributed by atoms with Gasteiger partial charge in [0.25, 0.3) is 0 Å². The van der Waals surface area contributed by atoms with Crippen molar-refractivity contribution >= 4 is 15.9 Å². The fourth-order valence-electron chi connectivity index (χ4n) is 2.13. The summed E-state index contributed by atoms with van der Waals surface area (Å²) in [4.78, 5) is 0. The lowest BCUT2D eigenvalue weighted by Crippen LogP contribution is -2.19. The third-order valence-electron chi connectivity index (χ3n) is 3.29. The molecule has 0 saturated carbocycles. The second-order valence-electron chi connectivity index (χ2n) is 4.67. The van der Waals surface area contributed by atoms with Gasteiger partial charge in [0, 0.05) is 12.6 Å². The Bertz CT molecular complexity index is 568. The number of benzene rings is 2. The van der Waals surface area contributed by atoms with Gasteiger partial charge in [0.2, 0.25) is 0 Å². The number of hydrogen-bond donors (Lipinski definition) is 1. The van der Waals surface area contributed by atoms with Crippen molar-refractivity contribution in [3.8, 4) is 0 Å². The minimum Gasteiger partial charge on any atom is -0.306 e. The fourth-order valence-corrected chi connectivity index (χ4v) is 2.54. The molecule has 0 bridgehead atoms. The van der Waals surface area contributed by atoms with Crippen LogP contribution in [0.1, 0.15) is 29.7 Å². The molecular formula is C16H17BrFN. The van der Waals surface area contributed by atoms with Gasteiger partial charge in [-0.15, -0.1) is 0 Å². The van der Waals surface area contributed by atoms with Crippen LogP contribution in [-0.4, -0.2) is 0 Å². The third kappa shape index (κ3) is 3.43. The summed E-state index contributed by atoms with van der Waals surface area (Å²) in [5.74, 6) is -0.220. The van der Waals surface area contributed by atoms with E-state index in [4.69, 9.17) is 0 Å². The molecule has 100 valence electrons. The van der Waals surface area contributed by atoms with Crippen LogP contribution in [0.15, 0.2) is 46.9 Å². The lowest BCUT2D eigenvalue weighted by Gasteiger charge is -2.17. The normalized spacial score (nSPS) is 12.4. The molecule has 1 N–H and O–H groups in total. The lowest BCUT2D eigenvalue weighted by molar-refractivity contribution is 0.564. The molecule has 2 rings (SSSR count). The van der Waals surface area contributed by atoms with Crippen LogP contribution in [-0.2, 0) is 6.54 Å². The van der Waals surface area contributed by atoms with E-state index in [2.05, 4.69) is 47.2 Å². The van der Waals surface area contributed by atoms with Gasteiger partial charge in [-0.05, 0) is 52.5 Å². The van der Waals surface area contributed by atoms with Gasteiger partial charge >= 0.3 is 0 Å². The number of aryl methyl sites for hydroxylation is 1. The van der Waals surface area contributed by atoms with Crippen molar-refractivity contribution in [3.63, 3.8) is 0 Å². The van der Waals surface area contributed by atoms with Crippen molar-refractivity contribution in [2.45, 2.75) is 26.4 Å². The highest BCUT2D eigenvalue weighted by Gasteiger charge is 2.09. The number of hydrogen-bond acceptors (Lipinski definition) is 1. The van der Waals surface area contributed by atoms with Crippen molar-refractivity contribution in [1.29, 1.82) is 0 Å². The van der Waals surface area contributed by atoms with Gasteiger partial charge in [-0.25, -0.2) is 4.39 Å². The van der Waals surface area contributed by atoms with E-state index < -0.39 is 0 Å². The number of nitrogens with one attached hydrogen (secondary N) is 1. The van der Waals surface area contributed by atoms with Gasteiger partial charge in [0.1, 0.15) is 5.82 Å². The molecule has 0 radical (unpaired) electrons. The minimum absolute atomic E-state index is 0.220. The molecular weight excluding hydrogens is 305 g/mol. The Morgan fingerprint density at radius 2 is 1.89 bits per heavy atom. The predicted molar refractivity (Wildman–Crippen MR) is 80.5 cm³/mol. The second-order valence-corrected chi connectivity index (χ2v) is 5.47. The molecule has 0 saturated heterocycles. The highest BCUT2D eigenvalue weighted by atomic mass is 79.9. The van der Waals surface area contributed by atoms with Crippen LogP contribution >= 0.6 is 15.9 Å². The summed E-state index contributed by atoms with van der Waals surface area (Å²) in [6.45, 7) is 4.86. The molecule has 1 unspecified atom stereocenters. The Kier molecular flexibility index (Phi) is 4.72. The van der Waals surface area contributed by atoms with E-state index in [1.807, 2.05) is 18.2 Å². The predicted octanol–water partition coefficient (Wildman–Crippen LogP) is 4.75. The summed E-state index contributed by atoms with van der Waals surface area (Å²) in [7, 11) is 0. The van der Waals surface area contributed by atoms with E-state index >= 15 is 0 Å². The molecule has 0 aliphatic carbocycles. The Labute approximate surface area is 122 Å². The summed E-state index contributed by atoms with van der Waals surface area (Å²) in [5.41, 5.74) is 3.47. The Hall–Kier alpha value is -1.19. The third-order valence-corrected chi connectivity index (χ3v) is 4.17. The summed E-state index contributed by atoms with van der Waals surface area (Å²) >= 11 is 3.29. The van der Waals surface area contributed by atoms with E-state index in [0.717, 1.165) is 5.56 Å². The van der Waals surface area contributed by atoms with Crippen molar-refractivity contribution in [2.24, 2.45) is 0 Å². The first-order valence-corrected chi connectivity index (χ1v) is 7.10. The first kappa shape index (κ1) is 14.2. The maximum Gasteiger partial charge on any atom is 0.137 e. The molecule has 0 heterocycles. The smallest absolute Gasteiger partial charge is 0.137 e. The molecule has 3 heteroatoms. The monoisotopic (exact) mass is 321 g/mol. The van der Waals surface area contributed by atoms with Crippen LogP contribution in [0.5, 0.6) is 0 Å². The van der Waals surface area contributed by atoms with Crippen molar-refractivity contribution in [3.05, 3.63) is 69.4 Å². The van der Waals surface area contributed by atoms with Crippen LogP contribution in [0.2, 0.25) is 0 Å².